The Morgan fingerprint density at radius 3 is 2.08 bits per heavy atom. The fraction of sp³-hybridized carbons (Fsp3) is 0.344. The largest absolute Gasteiger partial charge is 0.494 e. The Bertz CT molecular complexity index is 1330. The second kappa shape index (κ2) is 10.8. The molecule has 2 amide bonds. The van der Waals surface area contributed by atoms with Crippen molar-refractivity contribution in [2.24, 2.45) is 0 Å². The average Bonchev–Trinajstić information content (AvgIpc) is 3.32. The van der Waals surface area contributed by atoms with E-state index in [0.29, 0.717) is 25.0 Å². The highest BCUT2D eigenvalue weighted by molar-refractivity contribution is 5.91. The van der Waals surface area contributed by atoms with Crippen molar-refractivity contribution in [3.63, 3.8) is 0 Å². The fourth-order valence-corrected chi connectivity index (χ4v) is 6.07. The Balaban J connectivity index is 1.13. The van der Waals surface area contributed by atoms with E-state index >= 15 is 0 Å². The number of piperazine rings is 1. The SMILES string of the molecule is O=C(NC(c1ccccc1)c1ccccc1)N1CCN(c2ccc3cn(C4CCCCC4)c(O)c3c2)CC1. The molecule has 6 heteroatoms. The summed E-state index contributed by atoms with van der Waals surface area (Å²) in [6.07, 6.45) is 8.16. The van der Waals surface area contributed by atoms with Crippen LogP contribution in [0.4, 0.5) is 10.5 Å². The number of fused-ring (bicyclic) bond motifs is 1. The second-order valence-corrected chi connectivity index (χ2v) is 10.6. The summed E-state index contributed by atoms with van der Waals surface area (Å²) in [5.74, 6) is 0.389. The number of anilines is 1. The van der Waals surface area contributed by atoms with Crippen LogP contribution in [0.3, 0.4) is 0 Å². The Hall–Kier alpha value is -3.93. The molecule has 4 aromatic rings. The minimum Gasteiger partial charge on any atom is -0.494 e. The fourth-order valence-electron chi connectivity index (χ4n) is 6.07. The van der Waals surface area contributed by atoms with Gasteiger partial charge in [0.15, 0.2) is 5.88 Å². The summed E-state index contributed by atoms with van der Waals surface area (Å²) >= 11 is 0. The molecule has 196 valence electrons. The molecule has 1 saturated heterocycles. The maximum Gasteiger partial charge on any atom is 0.318 e. The topological polar surface area (TPSA) is 60.7 Å². The van der Waals surface area contributed by atoms with E-state index in [1.165, 1.54) is 19.3 Å². The molecule has 6 rings (SSSR count). The lowest BCUT2D eigenvalue weighted by molar-refractivity contribution is 0.192. The molecule has 0 radical (unpaired) electrons. The summed E-state index contributed by atoms with van der Waals surface area (Å²) in [7, 11) is 0. The first-order valence-electron chi connectivity index (χ1n) is 13.9. The molecule has 0 spiro atoms. The van der Waals surface area contributed by atoms with Crippen LogP contribution in [0.1, 0.15) is 55.3 Å². The maximum absolute atomic E-state index is 13.3. The average molecular weight is 509 g/mol. The van der Waals surface area contributed by atoms with Crippen molar-refractivity contribution in [3.8, 4) is 5.88 Å². The number of aromatic nitrogens is 1. The van der Waals surface area contributed by atoms with Crippen LogP contribution in [0, 0.1) is 0 Å². The first-order valence-corrected chi connectivity index (χ1v) is 13.9. The molecule has 1 aliphatic carbocycles. The van der Waals surface area contributed by atoms with E-state index in [0.717, 1.165) is 53.5 Å². The number of carbonyl (C=O) groups is 1. The summed E-state index contributed by atoms with van der Waals surface area (Å²) < 4.78 is 2.09. The highest BCUT2D eigenvalue weighted by Gasteiger charge is 2.25. The van der Waals surface area contributed by atoms with Gasteiger partial charge in [0.05, 0.1) is 6.04 Å². The normalized spacial score (nSPS) is 16.8. The molecule has 0 bridgehead atoms. The number of rotatable bonds is 5. The molecular weight excluding hydrogens is 472 g/mol. The molecule has 1 aromatic heterocycles. The van der Waals surface area contributed by atoms with E-state index in [1.54, 1.807) is 0 Å². The van der Waals surface area contributed by atoms with E-state index in [1.807, 2.05) is 41.3 Å². The summed E-state index contributed by atoms with van der Waals surface area (Å²) in [5.41, 5.74) is 3.23. The van der Waals surface area contributed by atoms with Crippen LogP contribution >= 0.6 is 0 Å². The van der Waals surface area contributed by atoms with E-state index in [4.69, 9.17) is 0 Å². The third-order valence-electron chi connectivity index (χ3n) is 8.23. The molecule has 2 N–H and O–H groups in total. The molecule has 2 heterocycles. The molecule has 0 atom stereocenters. The van der Waals surface area contributed by atoms with Gasteiger partial charge in [0, 0.05) is 54.9 Å². The number of benzene rings is 3. The van der Waals surface area contributed by atoms with Gasteiger partial charge < -0.3 is 24.8 Å². The number of nitrogens with zero attached hydrogens (tertiary/aromatic N) is 3. The van der Waals surface area contributed by atoms with Crippen molar-refractivity contribution < 1.29 is 9.90 Å². The maximum atomic E-state index is 13.3. The van der Waals surface area contributed by atoms with E-state index in [2.05, 4.69) is 63.4 Å². The predicted molar refractivity (Wildman–Crippen MR) is 153 cm³/mol. The number of carbonyl (C=O) groups excluding carboxylic acids is 1. The molecule has 2 aliphatic rings. The van der Waals surface area contributed by atoms with Crippen LogP contribution in [0.5, 0.6) is 5.88 Å². The minimum atomic E-state index is -0.193. The molecule has 3 aromatic carbocycles. The van der Waals surface area contributed by atoms with Gasteiger partial charge in [-0.3, -0.25) is 0 Å². The van der Waals surface area contributed by atoms with Gasteiger partial charge in [-0.05, 0) is 36.1 Å². The van der Waals surface area contributed by atoms with Crippen molar-refractivity contribution >= 4 is 22.5 Å². The van der Waals surface area contributed by atoms with Gasteiger partial charge in [-0.15, -0.1) is 0 Å². The minimum absolute atomic E-state index is 0.0417. The molecule has 2 fully saturated rings. The second-order valence-electron chi connectivity index (χ2n) is 10.6. The summed E-state index contributed by atoms with van der Waals surface area (Å²) in [4.78, 5) is 17.6. The first kappa shape index (κ1) is 24.4. The van der Waals surface area contributed by atoms with Crippen molar-refractivity contribution in [1.82, 2.24) is 14.8 Å². The Morgan fingerprint density at radius 2 is 1.45 bits per heavy atom. The quantitative estimate of drug-likeness (QED) is 0.325. The standard InChI is InChI=1S/C32H36N4O2/c37-31-29-22-28(17-16-26(29)23-36(31)27-14-8-3-9-15-27)34-18-20-35(21-19-34)32(38)33-30(24-10-4-1-5-11-24)25-12-6-2-7-13-25/h1-2,4-7,10-13,16-17,22-23,27,30,37H,3,8-9,14-15,18-21H2,(H,33,38). The molecule has 38 heavy (non-hydrogen) atoms. The van der Waals surface area contributed by atoms with Crippen LogP contribution in [-0.4, -0.2) is 46.8 Å². The highest BCUT2D eigenvalue weighted by Crippen LogP contribution is 2.38. The zero-order chi connectivity index (χ0) is 25.9. The predicted octanol–water partition coefficient (Wildman–Crippen LogP) is 6.47. The smallest absolute Gasteiger partial charge is 0.318 e. The Kier molecular flexibility index (Phi) is 6.95. The third-order valence-corrected chi connectivity index (χ3v) is 8.23. The number of hydrogen-bond donors (Lipinski definition) is 2. The molecule has 1 saturated carbocycles. The van der Waals surface area contributed by atoms with Crippen molar-refractivity contribution in [1.29, 1.82) is 0 Å². The van der Waals surface area contributed by atoms with Crippen molar-refractivity contribution in [3.05, 3.63) is 96.2 Å². The van der Waals surface area contributed by atoms with Gasteiger partial charge >= 0.3 is 6.03 Å². The first-order chi connectivity index (χ1) is 18.7. The van der Waals surface area contributed by atoms with Gasteiger partial charge in [-0.25, -0.2) is 4.79 Å². The molecule has 0 unspecified atom stereocenters. The van der Waals surface area contributed by atoms with Crippen molar-refractivity contribution in [2.75, 3.05) is 31.1 Å². The Labute approximate surface area is 224 Å². The Morgan fingerprint density at radius 1 is 0.816 bits per heavy atom. The molecule has 1 aliphatic heterocycles. The van der Waals surface area contributed by atoms with Crippen LogP contribution in [0.2, 0.25) is 0 Å². The van der Waals surface area contributed by atoms with Crippen LogP contribution in [-0.2, 0) is 0 Å². The third kappa shape index (κ3) is 4.95. The van der Waals surface area contributed by atoms with Crippen LogP contribution < -0.4 is 10.2 Å². The number of urea groups is 1. The molecule has 6 nitrogen and oxygen atoms in total. The van der Waals surface area contributed by atoms with Gasteiger partial charge in [-0.2, -0.15) is 0 Å². The highest BCUT2D eigenvalue weighted by atomic mass is 16.3. The summed E-state index contributed by atoms with van der Waals surface area (Å²) in [6.45, 7) is 2.80. The molecular formula is C32H36N4O2. The monoisotopic (exact) mass is 508 g/mol. The van der Waals surface area contributed by atoms with Gasteiger partial charge in [0.1, 0.15) is 0 Å². The van der Waals surface area contributed by atoms with Gasteiger partial charge in [0.2, 0.25) is 0 Å². The van der Waals surface area contributed by atoms with E-state index < -0.39 is 0 Å². The summed E-state index contributed by atoms with van der Waals surface area (Å²) in [5, 5.41) is 16.3. The van der Waals surface area contributed by atoms with Gasteiger partial charge in [-0.1, -0.05) is 86.0 Å². The van der Waals surface area contributed by atoms with E-state index in [9.17, 15) is 9.90 Å². The van der Waals surface area contributed by atoms with Gasteiger partial charge in [0.25, 0.3) is 0 Å². The zero-order valence-electron chi connectivity index (χ0n) is 21.8. The lowest BCUT2D eigenvalue weighted by Crippen LogP contribution is -2.52. The lowest BCUT2D eigenvalue weighted by atomic mass is 9.95. The summed E-state index contributed by atoms with van der Waals surface area (Å²) in [6, 6.07) is 26.8. The van der Waals surface area contributed by atoms with Crippen LogP contribution in [0.25, 0.3) is 10.8 Å². The van der Waals surface area contributed by atoms with Crippen molar-refractivity contribution in [2.45, 2.75) is 44.2 Å². The number of amides is 2. The number of hydrogen-bond acceptors (Lipinski definition) is 3. The zero-order valence-corrected chi connectivity index (χ0v) is 21.8. The number of aromatic hydroxyl groups is 1. The lowest BCUT2D eigenvalue weighted by Gasteiger charge is -2.37. The van der Waals surface area contributed by atoms with Crippen LogP contribution in [0.15, 0.2) is 85.1 Å². The van der Waals surface area contributed by atoms with E-state index in [-0.39, 0.29) is 12.1 Å². The number of nitrogens with one attached hydrogen (secondary N) is 1.